The Labute approximate surface area is 127 Å². The van der Waals surface area contributed by atoms with Crippen LogP contribution in [-0.4, -0.2) is 18.6 Å². The molecule has 116 valence electrons. The second-order valence-electron chi connectivity index (χ2n) is 4.18. The van der Waals surface area contributed by atoms with Gasteiger partial charge in [-0.3, -0.25) is 10.2 Å². The van der Waals surface area contributed by atoms with Crippen LogP contribution in [0.5, 0.6) is 5.75 Å². The van der Waals surface area contributed by atoms with E-state index in [1.54, 1.807) is 13.0 Å². The van der Waals surface area contributed by atoms with E-state index in [4.69, 9.17) is 9.15 Å². The molecule has 0 radical (unpaired) electrons. The molecule has 0 fully saturated rings. The van der Waals surface area contributed by atoms with Gasteiger partial charge in [-0.15, -0.1) is 0 Å². The monoisotopic (exact) mass is 304 g/mol. The summed E-state index contributed by atoms with van der Waals surface area (Å²) in [6.45, 7) is 2.04. The van der Waals surface area contributed by atoms with Crippen LogP contribution in [0, 0.1) is 0 Å². The Morgan fingerprint density at radius 1 is 1.14 bits per heavy atom. The minimum atomic E-state index is -0.746. The number of nitrogens with one attached hydrogen (secondary N) is 2. The first-order chi connectivity index (χ1) is 10.7. The fourth-order valence-corrected chi connectivity index (χ4v) is 1.66. The Kier molecular flexibility index (Phi) is 5.42. The first-order valence-corrected chi connectivity index (χ1v) is 6.68. The van der Waals surface area contributed by atoms with Crippen LogP contribution in [0.15, 0.2) is 47.1 Å². The predicted molar refractivity (Wildman–Crippen MR) is 77.1 cm³/mol. The zero-order valence-electron chi connectivity index (χ0n) is 12.0. The maximum Gasteiger partial charge on any atom is 0.426 e. The number of carbonyl (C=O) groups is 2. The van der Waals surface area contributed by atoms with E-state index in [0.29, 0.717) is 11.3 Å². The second kappa shape index (κ2) is 7.72. The number of benzene rings is 1. The molecule has 1 aromatic carbocycles. The smallest absolute Gasteiger partial charge is 0.426 e. The van der Waals surface area contributed by atoms with Gasteiger partial charge in [0.2, 0.25) is 0 Å². The molecule has 0 aliphatic heterocycles. The highest BCUT2D eigenvalue weighted by atomic mass is 16.6. The minimum Gasteiger partial charge on any atom is -0.489 e. The SMILES string of the molecule is CCOC(=O)NNC(=O)c1occc1COc1ccccc1. The van der Waals surface area contributed by atoms with E-state index >= 15 is 0 Å². The van der Waals surface area contributed by atoms with Crippen LogP contribution in [0.25, 0.3) is 0 Å². The van der Waals surface area contributed by atoms with E-state index < -0.39 is 12.0 Å². The van der Waals surface area contributed by atoms with Gasteiger partial charge in [0.25, 0.3) is 0 Å². The molecular weight excluding hydrogens is 288 g/mol. The molecule has 0 saturated carbocycles. The van der Waals surface area contributed by atoms with Crippen LogP contribution in [-0.2, 0) is 11.3 Å². The lowest BCUT2D eigenvalue weighted by Crippen LogP contribution is -2.42. The van der Waals surface area contributed by atoms with Gasteiger partial charge in [-0.25, -0.2) is 10.2 Å². The first-order valence-electron chi connectivity index (χ1n) is 6.68. The molecule has 2 aromatic rings. The molecule has 0 aliphatic carbocycles. The van der Waals surface area contributed by atoms with Crippen molar-refractivity contribution in [3.8, 4) is 5.75 Å². The molecule has 2 amide bonds. The largest absolute Gasteiger partial charge is 0.489 e. The molecule has 2 rings (SSSR count). The van der Waals surface area contributed by atoms with E-state index in [2.05, 4.69) is 15.6 Å². The van der Waals surface area contributed by atoms with Crippen molar-refractivity contribution in [2.24, 2.45) is 0 Å². The number of furan rings is 1. The third-order valence-corrected chi connectivity index (χ3v) is 2.64. The Balaban J connectivity index is 1.91. The topological polar surface area (TPSA) is 89.8 Å². The van der Waals surface area contributed by atoms with Gasteiger partial charge in [-0.2, -0.15) is 0 Å². The van der Waals surface area contributed by atoms with Crippen LogP contribution in [0.3, 0.4) is 0 Å². The highest BCUT2D eigenvalue weighted by Crippen LogP contribution is 2.15. The molecule has 0 saturated heterocycles. The number of hydrogen-bond donors (Lipinski definition) is 2. The number of para-hydroxylation sites is 1. The predicted octanol–water partition coefficient (Wildman–Crippen LogP) is 2.25. The van der Waals surface area contributed by atoms with Crippen molar-refractivity contribution in [2.45, 2.75) is 13.5 Å². The molecule has 2 N–H and O–H groups in total. The minimum absolute atomic E-state index is 0.0627. The molecule has 0 spiro atoms. The molecule has 1 heterocycles. The molecule has 0 aliphatic rings. The van der Waals surface area contributed by atoms with E-state index in [1.165, 1.54) is 6.26 Å². The summed E-state index contributed by atoms with van der Waals surface area (Å²) in [5.41, 5.74) is 4.87. The summed E-state index contributed by atoms with van der Waals surface area (Å²) in [6.07, 6.45) is 0.632. The molecule has 0 unspecified atom stereocenters. The lowest BCUT2D eigenvalue weighted by molar-refractivity contribution is 0.0882. The molecule has 1 aromatic heterocycles. The van der Waals surface area contributed by atoms with E-state index in [0.717, 1.165) is 0 Å². The quantitative estimate of drug-likeness (QED) is 0.827. The molecule has 7 heteroatoms. The van der Waals surface area contributed by atoms with Gasteiger partial charge in [0.05, 0.1) is 12.9 Å². The number of carbonyl (C=O) groups excluding carboxylic acids is 2. The highest BCUT2D eigenvalue weighted by Gasteiger charge is 2.16. The van der Waals surface area contributed by atoms with Crippen LogP contribution in [0.2, 0.25) is 0 Å². The lowest BCUT2D eigenvalue weighted by Gasteiger charge is -2.08. The zero-order valence-corrected chi connectivity index (χ0v) is 12.0. The van der Waals surface area contributed by atoms with Crippen LogP contribution < -0.4 is 15.6 Å². The first kappa shape index (κ1) is 15.4. The summed E-state index contributed by atoms with van der Waals surface area (Å²) in [6, 6.07) is 10.8. The zero-order chi connectivity index (χ0) is 15.8. The summed E-state index contributed by atoms with van der Waals surface area (Å²) >= 11 is 0. The second-order valence-corrected chi connectivity index (χ2v) is 4.18. The maximum absolute atomic E-state index is 11.9. The number of hydrazine groups is 1. The molecule has 7 nitrogen and oxygen atoms in total. The van der Waals surface area contributed by atoms with E-state index in [-0.39, 0.29) is 19.0 Å². The van der Waals surface area contributed by atoms with Gasteiger partial charge in [0.15, 0.2) is 5.76 Å². The normalized spacial score (nSPS) is 9.86. The van der Waals surface area contributed by atoms with Gasteiger partial charge >= 0.3 is 12.0 Å². The fourth-order valence-electron chi connectivity index (χ4n) is 1.66. The summed E-state index contributed by atoms with van der Waals surface area (Å²) in [5.74, 6) is 0.150. The average molecular weight is 304 g/mol. The Morgan fingerprint density at radius 2 is 1.91 bits per heavy atom. The number of rotatable bonds is 5. The number of ether oxygens (including phenoxy) is 2. The molecule has 0 atom stereocenters. The Bertz CT molecular complexity index is 624. The standard InChI is InChI=1S/C15H16N2O5/c1-2-20-15(19)17-16-14(18)13-11(8-9-21-13)10-22-12-6-4-3-5-7-12/h3-9H,2,10H2,1H3,(H,16,18)(H,17,19). The summed E-state index contributed by atoms with van der Waals surface area (Å²) in [5, 5.41) is 0. The fraction of sp³-hybridized carbons (Fsp3) is 0.200. The number of amides is 2. The lowest BCUT2D eigenvalue weighted by atomic mass is 10.2. The van der Waals surface area contributed by atoms with Gasteiger partial charge in [0, 0.05) is 5.56 Å². The van der Waals surface area contributed by atoms with Crippen molar-refractivity contribution in [1.29, 1.82) is 0 Å². The Hall–Kier alpha value is -2.96. The van der Waals surface area contributed by atoms with Crippen LogP contribution in [0.4, 0.5) is 4.79 Å². The molecule has 22 heavy (non-hydrogen) atoms. The number of hydrogen-bond acceptors (Lipinski definition) is 5. The van der Waals surface area contributed by atoms with E-state index in [9.17, 15) is 9.59 Å². The molecular formula is C15H16N2O5. The van der Waals surface area contributed by atoms with Crippen LogP contribution >= 0.6 is 0 Å². The average Bonchev–Trinajstić information content (AvgIpc) is 3.00. The van der Waals surface area contributed by atoms with Gasteiger partial charge in [0.1, 0.15) is 12.4 Å². The summed E-state index contributed by atoms with van der Waals surface area (Å²) in [7, 11) is 0. The van der Waals surface area contributed by atoms with Gasteiger partial charge < -0.3 is 13.9 Å². The van der Waals surface area contributed by atoms with Crippen molar-refractivity contribution in [3.63, 3.8) is 0 Å². The maximum atomic E-state index is 11.9. The highest BCUT2D eigenvalue weighted by molar-refractivity contribution is 5.93. The summed E-state index contributed by atoms with van der Waals surface area (Å²) in [4.78, 5) is 23.0. The van der Waals surface area contributed by atoms with Crippen molar-refractivity contribution in [1.82, 2.24) is 10.9 Å². The van der Waals surface area contributed by atoms with Crippen molar-refractivity contribution in [3.05, 3.63) is 54.0 Å². The third-order valence-electron chi connectivity index (χ3n) is 2.64. The van der Waals surface area contributed by atoms with Gasteiger partial charge in [-0.1, -0.05) is 18.2 Å². The molecule has 0 bridgehead atoms. The Morgan fingerprint density at radius 3 is 2.64 bits per heavy atom. The van der Waals surface area contributed by atoms with Crippen molar-refractivity contribution < 1.29 is 23.5 Å². The van der Waals surface area contributed by atoms with Crippen molar-refractivity contribution >= 4 is 12.0 Å². The van der Waals surface area contributed by atoms with E-state index in [1.807, 2.05) is 30.3 Å². The van der Waals surface area contributed by atoms with Gasteiger partial charge in [-0.05, 0) is 25.1 Å². The third kappa shape index (κ3) is 4.27. The summed E-state index contributed by atoms with van der Waals surface area (Å²) < 4.78 is 15.3. The van der Waals surface area contributed by atoms with Crippen molar-refractivity contribution in [2.75, 3.05) is 6.61 Å². The van der Waals surface area contributed by atoms with Crippen LogP contribution in [0.1, 0.15) is 23.0 Å².